The van der Waals surface area contributed by atoms with Crippen LogP contribution in [0.3, 0.4) is 0 Å². The van der Waals surface area contributed by atoms with Crippen molar-refractivity contribution in [1.82, 2.24) is 19.9 Å². The second-order valence-electron chi connectivity index (χ2n) is 9.00. The fourth-order valence-corrected chi connectivity index (χ4v) is 4.23. The van der Waals surface area contributed by atoms with Gasteiger partial charge in [-0.15, -0.1) is 0 Å². The van der Waals surface area contributed by atoms with Crippen LogP contribution in [0.1, 0.15) is 78.9 Å². The van der Waals surface area contributed by atoms with Crippen LogP contribution in [0.25, 0.3) is 11.3 Å². The summed E-state index contributed by atoms with van der Waals surface area (Å²) in [5, 5.41) is 3.44. The molecule has 6 nitrogen and oxygen atoms in total. The monoisotopic (exact) mass is 485 g/mol. The number of anilines is 1. The van der Waals surface area contributed by atoms with Crippen LogP contribution in [0.15, 0.2) is 36.8 Å². The zero-order chi connectivity index (χ0) is 24.5. The highest BCUT2D eigenvalue weighted by Crippen LogP contribution is 2.44. The highest BCUT2D eigenvalue weighted by Gasteiger charge is 2.37. The Kier molecular flexibility index (Phi) is 6.89. The van der Waals surface area contributed by atoms with Gasteiger partial charge in [0.15, 0.2) is 0 Å². The van der Waals surface area contributed by atoms with Crippen molar-refractivity contribution in [2.75, 3.05) is 5.32 Å². The SMILES string of the molecule is Cc1cc(-c2ccc(Cl)cn2)c(NC(=O)c2cnc(C(C)C)nc2)c(C2CCC(F)(F)CC2)n1. The van der Waals surface area contributed by atoms with E-state index in [9.17, 15) is 13.6 Å². The second kappa shape index (κ2) is 9.70. The molecule has 1 saturated carbocycles. The molecule has 0 bridgehead atoms. The maximum Gasteiger partial charge on any atom is 0.258 e. The summed E-state index contributed by atoms with van der Waals surface area (Å²) < 4.78 is 27.7. The van der Waals surface area contributed by atoms with E-state index in [1.165, 1.54) is 18.6 Å². The van der Waals surface area contributed by atoms with Gasteiger partial charge in [-0.1, -0.05) is 25.4 Å². The average molecular weight is 486 g/mol. The molecule has 3 aromatic heterocycles. The quantitative estimate of drug-likeness (QED) is 0.442. The maximum absolute atomic E-state index is 13.8. The number of nitrogens with zero attached hydrogens (tertiary/aromatic N) is 4. The number of alkyl halides is 2. The van der Waals surface area contributed by atoms with Gasteiger partial charge >= 0.3 is 0 Å². The molecule has 1 amide bonds. The fraction of sp³-hybridized carbons (Fsp3) is 0.400. The molecule has 0 spiro atoms. The van der Waals surface area contributed by atoms with Crippen molar-refractivity contribution >= 4 is 23.2 Å². The molecular weight excluding hydrogens is 460 g/mol. The molecule has 1 aliphatic rings. The van der Waals surface area contributed by atoms with Crippen LogP contribution >= 0.6 is 11.6 Å². The summed E-state index contributed by atoms with van der Waals surface area (Å²) in [4.78, 5) is 30.8. The van der Waals surface area contributed by atoms with Gasteiger partial charge in [0.2, 0.25) is 5.92 Å². The van der Waals surface area contributed by atoms with Gasteiger partial charge in [0, 0.05) is 54.5 Å². The van der Waals surface area contributed by atoms with E-state index in [-0.39, 0.29) is 37.5 Å². The zero-order valence-corrected chi connectivity index (χ0v) is 20.0. The number of rotatable bonds is 5. The molecule has 178 valence electrons. The molecule has 3 aromatic rings. The van der Waals surface area contributed by atoms with Crippen molar-refractivity contribution in [1.29, 1.82) is 0 Å². The van der Waals surface area contributed by atoms with E-state index in [1.54, 1.807) is 12.1 Å². The van der Waals surface area contributed by atoms with Gasteiger partial charge in [0.25, 0.3) is 5.91 Å². The van der Waals surface area contributed by atoms with Gasteiger partial charge in [-0.25, -0.2) is 18.7 Å². The summed E-state index contributed by atoms with van der Waals surface area (Å²) in [5.41, 5.74) is 3.32. The molecule has 0 radical (unpaired) electrons. The van der Waals surface area contributed by atoms with Crippen molar-refractivity contribution in [2.24, 2.45) is 0 Å². The smallest absolute Gasteiger partial charge is 0.258 e. The molecule has 0 atom stereocenters. The summed E-state index contributed by atoms with van der Waals surface area (Å²) in [5.74, 6) is -2.50. The third kappa shape index (κ3) is 5.38. The van der Waals surface area contributed by atoms with Crippen LogP contribution in [0.2, 0.25) is 5.02 Å². The normalized spacial score (nSPS) is 16.0. The van der Waals surface area contributed by atoms with Gasteiger partial charge < -0.3 is 5.32 Å². The largest absolute Gasteiger partial charge is 0.320 e. The number of amides is 1. The maximum atomic E-state index is 13.8. The van der Waals surface area contributed by atoms with Gasteiger partial charge in [0.1, 0.15) is 5.82 Å². The van der Waals surface area contributed by atoms with E-state index < -0.39 is 11.8 Å². The van der Waals surface area contributed by atoms with E-state index in [0.717, 1.165) is 0 Å². The number of aromatic nitrogens is 4. The Morgan fingerprint density at radius 3 is 2.38 bits per heavy atom. The summed E-state index contributed by atoms with van der Waals surface area (Å²) in [6, 6.07) is 5.29. The molecule has 0 unspecified atom stereocenters. The Balaban J connectivity index is 1.76. The van der Waals surface area contributed by atoms with Crippen molar-refractivity contribution in [3.05, 3.63) is 64.6 Å². The highest BCUT2D eigenvalue weighted by molar-refractivity contribution is 6.30. The molecule has 4 rings (SSSR count). The van der Waals surface area contributed by atoms with E-state index in [2.05, 4.69) is 25.3 Å². The predicted molar refractivity (Wildman–Crippen MR) is 127 cm³/mol. The van der Waals surface area contributed by atoms with Crippen LogP contribution in [0.5, 0.6) is 0 Å². The van der Waals surface area contributed by atoms with E-state index in [0.29, 0.717) is 44.7 Å². The lowest BCUT2D eigenvalue weighted by molar-refractivity contribution is -0.0384. The first kappa shape index (κ1) is 24.1. The van der Waals surface area contributed by atoms with Crippen molar-refractivity contribution in [3.8, 4) is 11.3 Å². The molecule has 0 aromatic carbocycles. The van der Waals surface area contributed by atoms with Crippen LogP contribution in [-0.2, 0) is 0 Å². The molecule has 1 aliphatic carbocycles. The van der Waals surface area contributed by atoms with E-state index in [1.807, 2.05) is 26.8 Å². The molecule has 1 fully saturated rings. The van der Waals surface area contributed by atoms with Gasteiger partial charge in [-0.05, 0) is 38.0 Å². The summed E-state index contributed by atoms with van der Waals surface area (Å²) >= 11 is 6.02. The van der Waals surface area contributed by atoms with Crippen LogP contribution < -0.4 is 5.32 Å². The lowest BCUT2D eigenvalue weighted by Gasteiger charge is -2.30. The first-order valence-corrected chi connectivity index (χ1v) is 11.7. The number of carbonyl (C=O) groups excluding carboxylic acids is 1. The molecule has 3 heterocycles. The molecular formula is C25H26ClF2N5O. The number of aryl methyl sites for hydroxylation is 1. The summed E-state index contributed by atoms with van der Waals surface area (Å²) in [6.07, 6.45) is 4.65. The summed E-state index contributed by atoms with van der Waals surface area (Å²) in [7, 11) is 0. The van der Waals surface area contributed by atoms with E-state index >= 15 is 0 Å². The van der Waals surface area contributed by atoms with Gasteiger partial charge in [0.05, 0.1) is 27.7 Å². The lowest BCUT2D eigenvalue weighted by atomic mass is 9.83. The first-order chi connectivity index (χ1) is 16.1. The molecule has 1 N–H and O–H groups in total. The molecule has 34 heavy (non-hydrogen) atoms. The molecule has 0 saturated heterocycles. The van der Waals surface area contributed by atoms with Gasteiger partial charge in [-0.3, -0.25) is 14.8 Å². The Bertz CT molecular complexity index is 1170. The van der Waals surface area contributed by atoms with E-state index in [4.69, 9.17) is 11.6 Å². The Morgan fingerprint density at radius 1 is 1.12 bits per heavy atom. The Morgan fingerprint density at radius 2 is 1.79 bits per heavy atom. The first-order valence-electron chi connectivity index (χ1n) is 11.3. The zero-order valence-electron chi connectivity index (χ0n) is 19.3. The second-order valence-corrected chi connectivity index (χ2v) is 9.44. The molecule has 0 aliphatic heterocycles. The topological polar surface area (TPSA) is 80.7 Å². The standard InChI is InChI=1S/C25H26ClF2N5O/c1-14(2)23-30-11-17(12-31-23)24(34)33-22-19(20-5-4-18(26)13-29-20)10-15(3)32-21(22)16-6-8-25(27,28)9-7-16/h4-5,10-14,16H,6-9H2,1-3H3,(H,33,34). The highest BCUT2D eigenvalue weighted by atomic mass is 35.5. The number of nitrogens with one attached hydrogen (secondary N) is 1. The number of hydrogen-bond donors (Lipinski definition) is 1. The third-order valence-electron chi connectivity index (χ3n) is 5.97. The summed E-state index contributed by atoms with van der Waals surface area (Å²) in [6.45, 7) is 5.78. The van der Waals surface area contributed by atoms with Gasteiger partial charge in [-0.2, -0.15) is 0 Å². The predicted octanol–water partition coefficient (Wildman–Crippen LogP) is 6.56. The van der Waals surface area contributed by atoms with Crippen molar-refractivity contribution in [3.63, 3.8) is 0 Å². The lowest BCUT2D eigenvalue weighted by Crippen LogP contribution is -2.25. The van der Waals surface area contributed by atoms with Crippen LogP contribution in [-0.4, -0.2) is 31.8 Å². The average Bonchev–Trinajstić information content (AvgIpc) is 2.80. The van der Waals surface area contributed by atoms with Crippen molar-refractivity contribution < 1.29 is 13.6 Å². The number of carbonyl (C=O) groups is 1. The minimum atomic E-state index is -2.67. The van der Waals surface area contributed by atoms with Crippen molar-refractivity contribution in [2.45, 2.75) is 64.2 Å². The Labute approximate surface area is 202 Å². The minimum Gasteiger partial charge on any atom is -0.320 e. The third-order valence-corrected chi connectivity index (χ3v) is 6.20. The number of halogens is 3. The number of hydrogen-bond acceptors (Lipinski definition) is 5. The number of pyridine rings is 2. The molecule has 9 heteroatoms. The van der Waals surface area contributed by atoms with Crippen LogP contribution in [0.4, 0.5) is 14.5 Å². The Hall–Kier alpha value is -3.00. The fourth-order valence-electron chi connectivity index (χ4n) is 4.11. The van der Waals surface area contributed by atoms with Crippen LogP contribution in [0, 0.1) is 6.92 Å². The minimum absolute atomic E-state index is 0.136.